The van der Waals surface area contributed by atoms with Gasteiger partial charge in [0.15, 0.2) is 5.76 Å². The molecule has 1 aromatic carbocycles. The minimum atomic E-state index is -4.03. The van der Waals surface area contributed by atoms with E-state index in [9.17, 15) is 8.42 Å². The molecule has 134 valence electrons. The van der Waals surface area contributed by atoms with Crippen LogP contribution in [0.15, 0.2) is 45.9 Å². The molecule has 4 rings (SSSR count). The lowest BCUT2D eigenvalue weighted by molar-refractivity contribution is 0.471. The zero-order chi connectivity index (χ0) is 18.3. The highest BCUT2D eigenvalue weighted by atomic mass is 32.2. The zero-order valence-corrected chi connectivity index (χ0v) is 14.9. The number of anilines is 1. The summed E-state index contributed by atoms with van der Waals surface area (Å²) in [4.78, 5) is 8.35. The van der Waals surface area contributed by atoms with Crippen LogP contribution < -0.4 is 9.92 Å². The number of benzene rings is 1. The van der Waals surface area contributed by atoms with Crippen LogP contribution in [-0.2, 0) is 23.0 Å². The summed E-state index contributed by atoms with van der Waals surface area (Å²) in [5, 5.41) is 0. The van der Waals surface area contributed by atoms with E-state index < -0.39 is 10.1 Å². The highest BCUT2D eigenvalue weighted by Gasteiger charge is 2.27. The Bertz CT molecular complexity index is 1070. The molecule has 0 amide bonds. The lowest BCUT2D eigenvalue weighted by atomic mass is 10.1. The number of hydrogen-bond donors (Lipinski definition) is 1. The lowest BCUT2D eigenvalue weighted by Gasteiger charge is -2.12. The van der Waals surface area contributed by atoms with Crippen LogP contribution >= 0.6 is 0 Å². The Morgan fingerprint density at radius 2 is 1.88 bits per heavy atom. The van der Waals surface area contributed by atoms with Crippen LogP contribution in [0.3, 0.4) is 0 Å². The van der Waals surface area contributed by atoms with Crippen molar-refractivity contribution < 1.29 is 17.0 Å². The van der Waals surface area contributed by atoms with E-state index in [4.69, 9.17) is 14.3 Å². The van der Waals surface area contributed by atoms with Crippen LogP contribution in [0, 0.1) is 6.92 Å². The first-order chi connectivity index (χ1) is 12.4. The normalized spacial score (nSPS) is 13.6. The number of aromatic nitrogens is 2. The molecule has 0 aliphatic heterocycles. The third kappa shape index (κ3) is 2.92. The van der Waals surface area contributed by atoms with Crippen molar-refractivity contribution in [2.24, 2.45) is 0 Å². The summed E-state index contributed by atoms with van der Waals surface area (Å²) in [6, 6.07) is 8.30. The van der Waals surface area contributed by atoms with Crippen LogP contribution in [-0.4, -0.2) is 18.4 Å². The van der Waals surface area contributed by atoms with Crippen LogP contribution in [0.25, 0.3) is 11.5 Å². The van der Waals surface area contributed by atoms with Crippen LogP contribution in [0.1, 0.15) is 23.1 Å². The quantitative estimate of drug-likeness (QED) is 0.705. The molecular weight excluding hydrogens is 354 g/mol. The fraction of sp³-hybridized carbons (Fsp3) is 0.222. The number of rotatable bonds is 3. The summed E-state index contributed by atoms with van der Waals surface area (Å²) in [6.07, 6.45) is 3.75. The second kappa shape index (κ2) is 6.14. The van der Waals surface area contributed by atoms with Crippen molar-refractivity contribution in [3.8, 4) is 17.3 Å². The van der Waals surface area contributed by atoms with Crippen molar-refractivity contribution in [1.29, 1.82) is 0 Å². The predicted octanol–water partition coefficient (Wildman–Crippen LogP) is 2.88. The van der Waals surface area contributed by atoms with Crippen molar-refractivity contribution in [1.82, 2.24) is 9.97 Å². The number of furan rings is 1. The summed E-state index contributed by atoms with van der Waals surface area (Å²) in [5.74, 6) is 0.476. The maximum absolute atomic E-state index is 12.6. The zero-order valence-electron chi connectivity index (χ0n) is 14.1. The van der Waals surface area contributed by atoms with Gasteiger partial charge in [0.05, 0.1) is 6.26 Å². The molecule has 2 N–H and O–H groups in total. The minimum absolute atomic E-state index is 0.0441. The molecule has 0 bridgehead atoms. The minimum Gasteiger partial charge on any atom is -0.462 e. The van der Waals surface area contributed by atoms with Gasteiger partial charge in [0, 0.05) is 11.1 Å². The Labute approximate surface area is 151 Å². The SMILES string of the molecule is Cc1ccc(S(=O)(=O)Oc2nc(N)nc3c2CCCc2ccoc2-3)cc1. The van der Waals surface area contributed by atoms with Crippen molar-refractivity contribution >= 4 is 16.1 Å². The molecule has 1 aliphatic carbocycles. The second-order valence-electron chi connectivity index (χ2n) is 6.19. The average Bonchev–Trinajstić information content (AvgIpc) is 2.98. The van der Waals surface area contributed by atoms with E-state index in [2.05, 4.69) is 9.97 Å². The largest absolute Gasteiger partial charge is 0.462 e. The van der Waals surface area contributed by atoms with Gasteiger partial charge in [0.1, 0.15) is 10.6 Å². The van der Waals surface area contributed by atoms with Gasteiger partial charge in [-0.2, -0.15) is 13.4 Å². The molecule has 0 saturated carbocycles. The van der Waals surface area contributed by atoms with E-state index >= 15 is 0 Å². The van der Waals surface area contributed by atoms with Crippen LogP contribution in [0.5, 0.6) is 5.88 Å². The Balaban J connectivity index is 1.80. The molecule has 0 atom stereocenters. The molecule has 2 aromatic heterocycles. The monoisotopic (exact) mass is 371 g/mol. The summed E-state index contributed by atoms with van der Waals surface area (Å²) >= 11 is 0. The molecule has 0 saturated heterocycles. The summed E-state index contributed by atoms with van der Waals surface area (Å²) in [5.41, 5.74) is 8.84. The van der Waals surface area contributed by atoms with Crippen molar-refractivity contribution in [3.63, 3.8) is 0 Å². The van der Waals surface area contributed by atoms with Crippen LogP contribution in [0.4, 0.5) is 5.95 Å². The maximum atomic E-state index is 12.6. The molecule has 3 aromatic rings. The molecule has 2 heterocycles. The average molecular weight is 371 g/mol. The van der Waals surface area contributed by atoms with Crippen molar-refractivity contribution in [3.05, 3.63) is 53.3 Å². The molecule has 26 heavy (non-hydrogen) atoms. The number of hydrogen-bond acceptors (Lipinski definition) is 7. The molecule has 0 spiro atoms. The van der Waals surface area contributed by atoms with E-state index in [1.54, 1.807) is 18.4 Å². The van der Waals surface area contributed by atoms with E-state index in [-0.39, 0.29) is 16.7 Å². The first kappa shape index (κ1) is 16.6. The fourth-order valence-corrected chi connectivity index (χ4v) is 3.93. The Kier molecular flexibility index (Phi) is 3.91. The molecule has 1 aliphatic rings. The number of nitrogen functional groups attached to an aromatic ring is 1. The van der Waals surface area contributed by atoms with Gasteiger partial charge in [-0.15, -0.1) is 0 Å². The third-order valence-electron chi connectivity index (χ3n) is 4.32. The van der Waals surface area contributed by atoms with Crippen molar-refractivity contribution in [2.45, 2.75) is 31.1 Å². The van der Waals surface area contributed by atoms with E-state index in [1.165, 1.54) is 12.1 Å². The maximum Gasteiger partial charge on any atom is 0.340 e. The van der Waals surface area contributed by atoms with Crippen LogP contribution in [0.2, 0.25) is 0 Å². The van der Waals surface area contributed by atoms with Gasteiger partial charge < -0.3 is 14.3 Å². The van der Waals surface area contributed by atoms with Gasteiger partial charge in [-0.25, -0.2) is 4.98 Å². The predicted molar refractivity (Wildman–Crippen MR) is 95.2 cm³/mol. The molecular formula is C18H17N3O4S. The second-order valence-corrected chi connectivity index (χ2v) is 7.74. The molecule has 0 radical (unpaired) electrons. The highest BCUT2D eigenvalue weighted by Crippen LogP contribution is 2.36. The summed E-state index contributed by atoms with van der Waals surface area (Å²) in [6.45, 7) is 1.88. The smallest absolute Gasteiger partial charge is 0.340 e. The Hall–Kier alpha value is -2.87. The third-order valence-corrected chi connectivity index (χ3v) is 5.55. The van der Waals surface area contributed by atoms with Gasteiger partial charge >= 0.3 is 10.1 Å². The van der Waals surface area contributed by atoms with E-state index in [0.717, 1.165) is 24.0 Å². The van der Waals surface area contributed by atoms with Gasteiger partial charge in [-0.1, -0.05) is 17.7 Å². The standard InChI is InChI=1S/C18H17N3O4S/c1-11-5-7-13(8-6-11)26(22,23)25-17-14-4-2-3-12-9-10-24-16(12)15(14)20-18(19)21-17/h5-10H,2-4H2,1H3,(H2,19,20,21). The lowest BCUT2D eigenvalue weighted by Crippen LogP contribution is -2.14. The van der Waals surface area contributed by atoms with Crippen molar-refractivity contribution in [2.75, 3.05) is 5.73 Å². The summed E-state index contributed by atoms with van der Waals surface area (Å²) in [7, 11) is -4.03. The first-order valence-electron chi connectivity index (χ1n) is 8.18. The summed E-state index contributed by atoms with van der Waals surface area (Å²) < 4.78 is 36.2. The van der Waals surface area contributed by atoms with Gasteiger partial charge in [0.2, 0.25) is 11.8 Å². The van der Waals surface area contributed by atoms with Gasteiger partial charge in [0.25, 0.3) is 0 Å². The molecule has 0 fully saturated rings. The Morgan fingerprint density at radius 1 is 1.12 bits per heavy atom. The number of nitrogens with two attached hydrogens (primary N) is 1. The molecule has 7 nitrogen and oxygen atoms in total. The fourth-order valence-electron chi connectivity index (χ4n) is 3.01. The number of fused-ring (bicyclic) bond motifs is 3. The topological polar surface area (TPSA) is 108 Å². The van der Waals surface area contributed by atoms with E-state index in [0.29, 0.717) is 23.4 Å². The highest BCUT2D eigenvalue weighted by molar-refractivity contribution is 7.87. The van der Waals surface area contributed by atoms with Gasteiger partial charge in [-0.05, 0) is 44.4 Å². The Morgan fingerprint density at radius 3 is 2.65 bits per heavy atom. The first-order valence-corrected chi connectivity index (χ1v) is 9.59. The van der Waals surface area contributed by atoms with E-state index in [1.807, 2.05) is 13.0 Å². The molecule has 0 unspecified atom stereocenters. The number of nitrogens with zero attached hydrogens (tertiary/aromatic N) is 2. The number of aryl methyl sites for hydroxylation is 2. The van der Waals surface area contributed by atoms with Gasteiger partial charge in [-0.3, -0.25) is 0 Å². The molecule has 8 heteroatoms.